The molecule has 0 saturated heterocycles. The average Bonchev–Trinajstić information content (AvgIpc) is 1.62. The van der Waals surface area contributed by atoms with Gasteiger partial charge in [0.15, 0.2) is 0 Å². The predicted molar refractivity (Wildman–Crippen MR) is 32.4 cm³/mol. The third kappa shape index (κ3) is 0.979. The minimum absolute atomic E-state index is 0.0880. The lowest BCUT2D eigenvalue weighted by atomic mass is 9.79. The molecule has 0 N–H and O–H groups in total. The van der Waals surface area contributed by atoms with Crippen LogP contribution in [-0.2, 0) is 0 Å². The standard InChI is InChI=1S/C7H10F2/c1-4-3-6(9)7(4)5(2)8/h3-5,7H,1-2H3/t4?,5-,7+/m1/s1. The van der Waals surface area contributed by atoms with Crippen molar-refractivity contribution in [2.24, 2.45) is 11.8 Å². The van der Waals surface area contributed by atoms with Crippen LogP contribution in [0.25, 0.3) is 0 Å². The van der Waals surface area contributed by atoms with Gasteiger partial charge in [-0.15, -0.1) is 0 Å². The molecule has 52 valence electrons. The van der Waals surface area contributed by atoms with E-state index in [4.69, 9.17) is 0 Å². The summed E-state index contributed by atoms with van der Waals surface area (Å²) in [6.45, 7) is 3.22. The molecule has 1 aliphatic rings. The zero-order valence-corrected chi connectivity index (χ0v) is 5.57. The van der Waals surface area contributed by atoms with Gasteiger partial charge < -0.3 is 0 Å². The van der Waals surface area contributed by atoms with Gasteiger partial charge in [-0.3, -0.25) is 0 Å². The van der Waals surface area contributed by atoms with E-state index < -0.39 is 12.1 Å². The third-order valence-electron chi connectivity index (χ3n) is 1.80. The Labute approximate surface area is 53.6 Å². The third-order valence-corrected chi connectivity index (χ3v) is 1.80. The fourth-order valence-corrected chi connectivity index (χ4v) is 1.24. The zero-order valence-electron chi connectivity index (χ0n) is 5.57. The molecule has 0 aromatic rings. The fraction of sp³-hybridized carbons (Fsp3) is 0.714. The summed E-state index contributed by atoms with van der Waals surface area (Å²) < 4.78 is 24.7. The van der Waals surface area contributed by atoms with E-state index in [-0.39, 0.29) is 11.7 Å². The lowest BCUT2D eigenvalue weighted by molar-refractivity contribution is 0.184. The summed E-state index contributed by atoms with van der Waals surface area (Å²) in [4.78, 5) is 0. The van der Waals surface area contributed by atoms with Crippen molar-refractivity contribution in [3.8, 4) is 0 Å². The molecule has 0 heterocycles. The Morgan fingerprint density at radius 1 is 1.67 bits per heavy atom. The summed E-state index contributed by atoms with van der Waals surface area (Å²) in [5.41, 5.74) is 0. The summed E-state index contributed by atoms with van der Waals surface area (Å²) in [5, 5.41) is 0. The fourth-order valence-electron chi connectivity index (χ4n) is 1.24. The van der Waals surface area contributed by atoms with Gasteiger partial charge in [-0.05, 0) is 18.9 Å². The van der Waals surface area contributed by atoms with Crippen molar-refractivity contribution < 1.29 is 8.78 Å². The highest BCUT2D eigenvalue weighted by Gasteiger charge is 2.34. The molecule has 0 aromatic heterocycles. The maximum Gasteiger partial charge on any atom is 0.107 e. The lowest BCUT2D eigenvalue weighted by Gasteiger charge is -2.29. The number of alkyl halides is 1. The van der Waals surface area contributed by atoms with Crippen LogP contribution in [0.15, 0.2) is 11.9 Å². The summed E-state index contributed by atoms with van der Waals surface area (Å²) >= 11 is 0. The van der Waals surface area contributed by atoms with Gasteiger partial charge in [0.25, 0.3) is 0 Å². The Morgan fingerprint density at radius 3 is 2.33 bits per heavy atom. The van der Waals surface area contributed by atoms with Crippen molar-refractivity contribution in [3.05, 3.63) is 11.9 Å². The molecular weight excluding hydrogens is 122 g/mol. The van der Waals surface area contributed by atoms with Crippen LogP contribution < -0.4 is 0 Å². The molecule has 0 nitrogen and oxygen atoms in total. The van der Waals surface area contributed by atoms with Gasteiger partial charge in [-0.1, -0.05) is 6.92 Å². The minimum Gasteiger partial charge on any atom is -0.247 e. The second-order valence-corrected chi connectivity index (χ2v) is 2.61. The number of allylic oxidation sites excluding steroid dienone is 2. The number of hydrogen-bond donors (Lipinski definition) is 0. The van der Waals surface area contributed by atoms with Gasteiger partial charge in [0, 0.05) is 5.92 Å². The molecule has 0 saturated carbocycles. The van der Waals surface area contributed by atoms with Gasteiger partial charge in [-0.25, -0.2) is 8.78 Å². The Balaban J connectivity index is 2.56. The SMILES string of the molecule is CC1C=C(F)[C@@H]1[C@@H](C)F. The highest BCUT2D eigenvalue weighted by atomic mass is 19.1. The smallest absolute Gasteiger partial charge is 0.107 e. The van der Waals surface area contributed by atoms with Crippen LogP contribution in [0.4, 0.5) is 8.78 Å². The average molecular weight is 132 g/mol. The number of rotatable bonds is 1. The van der Waals surface area contributed by atoms with Crippen LogP contribution in [0.2, 0.25) is 0 Å². The van der Waals surface area contributed by atoms with Crippen molar-refractivity contribution in [1.82, 2.24) is 0 Å². The molecule has 1 aliphatic carbocycles. The summed E-state index contributed by atoms with van der Waals surface area (Å²) in [7, 11) is 0. The Hall–Kier alpha value is -0.400. The second kappa shape index (κ2) is 2.09. The van der Waals surface area contributed by atoms with Crippen LogP contribution in [0.5, 0.6) is 0 Å². The molecule has 0 bridgehead atoms. The first-order chi connectivity index (χ1) is 4.13. The molecule has 0 spiro atoms. The first-order valence-corrected chi connectivity index (χ1v) is 3.14. The van der Waals surface area contributed by atoms with E-state index >= 15 is 0 Å². The Morgan fingerprint density at radius 2 is 2.22 bits per heavy atom. The van der Waals surface area contributed by atoms with E-state index in [0.717, 1.165) is 0 Å². The molecule has 9 heavy (non-hydrogen) atoms. The molecule has 1 unspecified atom stereocenters. The molecule has 0 aromatic carbocycles. The van der Waals surface area contributed by atoms with Crippen molar-refractivity contribution in [2.75, 3.05) is 0 Å². The molecule has 3 atom stereocenters. The van der Waals surface area contributed by atoms with E-state index in [1.165, 1.54) is 13.0 Å². The van der Waals surface area contributed by atoms with E-state index in [1.54, 1.807) is 0 Å². The molecule has 2 heteroatoms. The van der Waals surface area contributed by atoms with E-state index in [0.29, 0.717) is 0 Å². The van der Waals surface area contributed by atoms with E-state index in [1.807, 2.05) is 6.92 Å². The zero-order chi connectivity index (χ0) is 7.02. The highest BCUT2D eigenvalue weighted by Crippen LogP contribution is 2.37. The normalized spacial score (nSPS) is 37.1. The largest absolute Gasteiger partial charge is 0.247 e. The van der Waals surface area contributed by atoms with Crippen molar-refractivity contribution in [1.29, 1.82) is 0 Å². The first-order valence-electron chi connectivity index (χ1n) is 3.14. The van der Waals surface area contributed by atoms with Crippen LogP contribution in [-0.4, -0.2) is 6.17 Å². The van der Waals surface area contributed by atoms with Crippen LogP contribution in [0.1, 0.15) is 13.8 Å². The van der Waals surface area contributed by atoms with Gasteiger partial charge >= 0.3 is 0 Å². The van der Waals surface area contributed by atoms with Crippen molar-refractivity contribution >= 4 is 0 Å². The minimum atomic E-state index is -1.04. The molecule has 0 fully saturated rings. The number of halogens is 2. The molecule has 0 aliphatic heterocycles. The molecular formula is C7H10F2. The van der Waals surface area contributed by atoms with E-state index in [2.05, 4.69) is 0 Å². The first kappa shape index (κ1) is 6.72. The maximum atomic E-state index is 12.4. The maximum absolute atomic E-state index is 12.4. The van der Waals surface area contributed by atoms with E-state index in [9.17, 15) is 8.78 Å². The number of hydrogen-bond acceptors (Lipinski definition) is 0. The predicted octanol–water partition coefficient (Wildman–Crippen LogP) is 2.46. The summed E-state index contributed by atoms with van der Waals surface area (Å²) in [5.74, 6) is -0.646. The van der Waals surface area contributed by atoms with Gasteiger partial charge in [-0.2, -0.15) is 0 Å². The van der Waals surface area contributed by atoms with Gasteiger partial charge in [0.2, 0.25) is 0 Å². The van der Waals surface area contributed by atoms with Crippen molar-refractivity contribution in [2.45, 2.75) is 20.0 Å². The molecule has 0 amide bonds. The van der Waals surface area contributed by atoms with Crippen LogP contribution in [0.3, 0.4) is 0 Å². The quantitative estimate of drug-likeness (QED) is 0.514. The van der Waals surface area contributed by atoms with Gasteiger partial charge in [0.05, 0.1) is 0 Å². The van der Waals surface area contributed by atoms with Crippen molar-refractivity contribution in [3.63, 3.8) is 0 Å². The van der Waals surface area contributed by atoms with Gasteiger partial charge in [0.1, 0.15) is 12.0 Å². The summed E-state index contributed by atoms with van der Waals surface area (Å²) in [6.07, 6.45) is 0.422. The lowest BCUT2D eigenvalue weighted by Crippen LogP contribution is -2.27. The Kier molecular flexibility index (Phi) is 1.56. The monoisotopic (exact) mass is 132 g/mol. The molecule has 0 radical (unpaired) electrons. The Bertz CT molecular complexity index is 138. The van der Waals surface area contributed by atoms with Crippen LogP contribution >= 0.6 is 0 Å². The van der Waals surface area contributed by atoms with Crippen LogP contribution in [0, 0.1) is 11.8 Å². The second-order valence-electron chi connectivity index (χ2n) is 2.61. The summed E-state index contributed by atoms with van der Waals surface area (Å²) in [6, 6.07) is 0. The topological polar surface area (TPSA) is 0 Å². The highest BCUT2D eigenvalue weighted by molar-refractivity contribution is 5.16. The molecule has 1 rings (SSSR count).